The van der Waals surface area contributed by atoms with E-state index in [1.54, 1.807) is 20.8 Å². The Morgan fingerprint density at radius 3 is 2.83 bits per heavy atom. The lowest BCUT2D eigenvalue weighted by Gasteiger charge is -2.27. The average molecular weight is 457 g/mol. The lowest BCUT2D eigenvalue weighted by atomic mass is 10.2. The number of aromatic nitrogens is 1. The van der Waals surface area contributed by atoms with E-state index in [2.05, 4.69) is 15.6 Å². The summed E-state index contributed by atoms with van der Waals surface area (Å²) < 4.78 is 26.0. The second-order valence-corrected chi connectivity index (χ2v) is 10.4. The smallest absolute Gasteiger partial charge is 0.407 e. The van der Waals surface area contributed by atoms with Crippen LogP contribution < -0.4 is 10.6 Å². The van der Waals surface area contributed by atoms with Gasteiger partial charge in [-0.1, -0.05) is 11.3 Å². The molecule has 3 N–H and O–H groups in total. The van der Waals surface area contributed by atoms with E-state index < -0.39 is 29.2 Å². The van der Waals surface area contributed by atoms with Gasteiger partial charge in [-0.05, 0) is 32.9 Å². The minimum absolute atomic E-state index is 0.0650. The van der Waals surface area contributed by atoms with Crippen molar-refractivity contribution in [2.24, 2.45) is 0 Å². The van der Waals surface area contributed by atoms with Crippen molar-refractivity contribution in [3.63, 3.8) is 0 Å². The second kappa shape index (κ2) is 10.1. The Labute approximate surface area is 183 Å². The Morgan fingerprint density at radius 2 is 2.13 bits per heavy atom. The number of alkyl carbamates (subject to hydrolysis) is 1. The summed E-state index contributed by atoms with van der Waals surface area (Å²) in [6, 6.07) is 5.58. The molecule has 2 atom stereocenters. The minimum Gasteiger partial charge on any atom is -0.593 e. The molecule has 1 saturated heterocycles. The summed E-state index contributed by atoms with van der Waals surface area (Å²) in [6.45, 7) is 8.10. The zero-order chi connectivity index (χ0) is 21.7. The maximum Gasteiger partial charge on any atom is 0.407 e. The summed E-state index contributed by atoms with van der Waals surface area (Å²) in [5.41, 5.74) is 0.213. The van der Waals surface area contributed by atoms with Gasteiger partial charge < -0.3 is 29.8 Å². The van der Waals surface area contributed by atoms with Gasteiger partial charge in [0.1, 0.15) is 5.60 Å². The van der Waals surface area contributed by atoms with Crippen molar-refractivity contribution in [2.45, 2.75) is 37.4 Å². The van der Waals surface area contributed by atoms with Crippen molar-refractivity contribution in [1.82, 2.24) is 14.6 Å². The molecule has 0 saturated carbocycles. The quantitative estimate of drug-likeness (QED) is 0.541. The largest absolute Gasteiger partial charge is 0.593 e. The third-order valence-electron chi connectivity index (χ3n) is 4.14. The number of fused-ring (bicyclic) bond motifs is 1. The molecule has 1 amide bonds. The van der Waals surface area contributed by atoms with E-state index in [1.807, 2.05) is 22.5 Å². The van der Waals surface area contributed by atoms with E-state index in [0.29, 0.717) is 31.4 Å². The number of morpholine rings is 1. The molecule has 11 heteroatoms. The number of carbonyl (C=O) groups excluding carboxylic acids is 1. The van der Waals surface area contributed by atoms with E-state index in [1.165, 1.54) is 11.3 Å². The van der Waals surface area contributed by atoms with Gasteiger partial charge in [0.05, 0.1) is 54.0 Å². The van der Waals surface area contributed by atoms with Crippen LogP contribution in [0.5, 0.6) is 0 Å². The predicted molar refractivity (Wildman–Crippen MR) is 117 cm³/mol. The lowest BCUT2D eigenvalue weighted by Crippen LogP contribution is -2.40. The number of aliphatic hydroxyl groups is 1. The Balaban J connectivity index is 1.52. The van der Waals surface area contributed by atoms with Gasteiger partial charge in [0, 0.05) is 19.2 Å². The summed E-state index contributed by atoms with van der Waals surface area (Å²) in [4.78, 5) is 16.9. The summed E-state index contributed by atoms with van der Waals surface area (Å²) in [6.07, 6.45) is -1.36. The summed E-state index contributed by atoms with van der Waals surface area (Å²) in [5, 5.41) is 16.3. The molecule has 0 aliphatic carbocycles. The molecule has 2 unspecified atom stereocenters. The topological polar surface area (TPSA) is 119 Å². The maximum absolute atomic E-state index is 12.8. The van der Waals surface area contributed by atoms with Crippen LogP contribution in [0, 0.1) is 0 Å². The van der Waals surface area contributed by atoms with Gasteiger partial charge in [0.2, 0.25) is 0 Å². The number of carbonyl (C=O) groups is 1. The molecule has 9 nitrogen and oxygen atoms in total. The molecule has 3 rings (SSSR count). The number of thiazole rings is 1. The van der Waals surface area contributed by atoms with Crippen LogP contribution in [0.2, 0.25) is 0 Å². The number of hydrogen-bond acceptors (Lipinski definition) is 9. The molecular weight excluding hydrogens is 428 g/mol. The standard InChI is InChI=1S/C19H28N4O5S2/c1-19(2,3)28-18(25)21-12-13(24)11-20-17-22-15-5-4-14(10-16(15)29-17)30(26)23-6-8-27-9-7-23/h4-5,10,13,24H,6-9,11-12H2,1-3H3,(H,20,22)(H,21,25). The zero-order valence-corrected chi connectivity index (χ0v) is 19.0. The van der Waals surface area contributed by atoms with Crippen LogP contribution in [-0.4, -0.2) is 76.1 Å². The van der Waals surface area contributed by atoms with Crippen LogP contribution in [0.3, 0.4) is 0 Å². The monoisotopic (exact) mass is 456 g/mol. The van der Waals surface area contributed by atoms with Crippen molar-refractivity contribution >= 4 is 44.1 Å². The minimum atomic E-state index is -1.22. The molecule has 1 aromatic carbocycles. The first-order chi connectivity index (χ1) is 14.2. The van der Waals surface area contributed by atoms with Crippen LogP contribution in [0.25, 0.3) is 10.2 Å². The van der Waals surface area contributed by atoms with Gasteiger partial charge in [-0.15, -0.1) is 4.31 Å². The highest BCUT2D eigenvalue weighted by Gasteiger charge is 2.25. The highest BCUT2D eigenvalue weighted by Crippen LogP contribution is 2.29. The molecule has 0 bridgehead atoms. The van der Waals surface area contributed by atoms with E-state index in [9.17, 15) is 14.5 Å². The Kier molecular flexibility index (Phi) is 7.77. The number of amides is 1. The summed E-state index contributed by atoms with van der Waals surface area (Å²) >= 11 is 0.204. The number of anilines is 1. The van der Waals surface area contributed by atoms with E-state index in [0.717, 1.165) is 15.1 Å². The third-order valence-corrected chi connectivity index (χ3v) is 6.60. The van der Waals surface area contributed by atoms with E-state index >= 15 is 0 Å². The Morgan fingerprint density at radius 1 is 1.40 bits per heavy atom. The van der Waals surface area contributed by atoms with Gasteiger partial charge in [0.15, 0.2) is 10.0 Å². The number of ether oxygens (including phenoxy) is 2. The van der Waals surface area contributed by atoms with Crippen molar-refractivity contribution in [1.29, 1.82) is 0 Å². The van der Waals surface area contributed by atoms with Gasteiger partial charge in [-0.3, -0.25) is 0 Å². The maximum atomic E-state index is 12.8. The molecule has 1 fully saturated rings. The molecule has 2 heterocycles. The van der Waals surface area contributed by atoms with Crippen molar-refractivity contribution < 1.29 is 23.9 Å². The fourth-order valence-electron chi connectivity index (χ4n) is 2.74. The normalized spacial score (nSPS) is 17.5. The molecule has 0 radical (unpaired) electrons. The van der Waals surface area contributed by atoms with Crippen LogP contribution in [-0.2, 0) is 20.8 Å². The average Bonchev–Trinajstić information content (AvgIpc) is 3.11. The van der Waals surface area contributed by atoms with Crippen molar-refractivity contribution in [3.8, 4) is 0 Å². The highest BCUT2D eigenvalue weighted by atomic mass is 32.2. The predicted octanol–water partition coefficient (Wildman–Crippen LogP) is 1.95. The number of nitrogens with zero attached hydrogens (tertiary/aromatic N) is 2. The molecule has 1 aliphatic rings. The van der Waals surface area contributed by atoms with Crippen LogP contribution in [0.4, 0.5) is 9.93 Å². The molecule has 30 heavy (non-hydrogen) atoms. The van der Waals surface area contributed by atoms with Gasteiger partial charge in [-0.25, -0.2) is 9.78 Å². The van der Waals surface area contributed by atoms with Crippen molar-refractivity contribution in [2.75, 3.05) is 44.7 Å². The summed E-state index contributed by atoms with van der Waals surface area (Å²) in [5.74, 6) is 0. The van der Waals surface area contributed by atoms with Crippen LogP contribution in [0.1, 0.15) is 20.8 Å². The number of aliphatic hydroxyl groups excluding tert-OH is 1. The van der Waals surface area contributed by atoms with E-state index in [4.69, 9.17) is 9.47 Å². The number of nitrogens with one attached hydrogen (secondary N) is 2. The Bertz CT molecular complexity index is 851. The molecular formula is C19H28N4O5S2. The first-order valence-corrected chi connectivity index (χ1v) is 11.7. The Hall–Kier alpha value is -1.63. The second-order valence-electron chi connectivity index (χ2n) is 7.86. The van der Waals surface area contributed by atoms with Crippen LogP contribution >= 0.6 is 11.3 Å². The number of hydrogen-bond donors (Lipinski definition) is 3. The van der Waals surface area contributed by atoms with Crippen molar-refractivity contribution in [3.05, 3.63) is 18.2 Å². The first-order valence-electron chi connectivity index (χ1n) is 9.75. The van der Waals surface area contributed by atoms with Crippen LogP contribution in [0.15, 0.2) is 23.1 Å². The molecule has 1 aliphatic heterocycles. The van der Waals surface area contributed by atoms with Gasteiger partial charge >= 0.3 is 6.09 Å². The lowest BCUT2D eigenvalue weighted by molar-refractivity contribution is 0.0496. The number of rotatable bonds is 7. The van der Waals surface area contributed by atoms with E-state index in [-0.39, 0.29) is 13.1 Å². The molecule has 0 spiro atoms. The van der Waals surface area contributed by atoms with Gasteiger partial charge in [0.25, 0.3) is 0 Å². The first kappa shape index (κ1) is 23.0. The third kappa shape index (κ3) is 6.69. The molecule has 2 aromatic rings. The zero-order valence-electron chi connectivity index (χ0n) is 17.3. The fourth-order valence-corrected chi connectivity index (χ4v) is 4.91. The molecule has 166 valence electrons. The fraction of sp³-hybridized carbons (Fsp3) is 0.579. The van der Waals surface area contributed by atoms with Gasteiger partial charge in [-0.2, -0.15) is 0 Å². The number of benzene rings is 1. The highest BCUT2D eigenvalue weighted by molar-refractivity contribution is 7.89. The SMILES string of the molecule is CC(C)(C)OC(=O)NCC(O)CNc1nc2ccc([S+]([O-])N3CCOCC3)cc2s1. The summed E-state index contributed by atoms with van der Waals surface area (Å²) in [7, 11) is 0. The molecule has 1 aromatic heterocycles.